The maximum atomic E-state index is 12.7. The molecule has 0 aliphatic carbocycles. The number of nitrogens with two attached hydrogens (primary N) is 1. The summed E-state index contributed by atoms with van der Waals surface area (Å²) in [5.74, 6) is 1.39. The van der Waals surface area contributed by atoms with Crippen LogP contribution in [0, 0.1) is 0 Å². The van der Waals surface area contributed by atoms with Gasteiger partial charge < -0.3 is 10.3 Å². The second kappa shape index (κ2) is 6.52. The van der Waals surface area contributed by atoms with Crippen LogP contribution in [-0.4, -0.2) is 35.6 Å². The Balaban J connectivity index is 1.65. The number of amides is 1. The van der Waals surface area contributed by atoms with E-state index in [-0.39, 0.29) is 6.04 Å². The van der Waals surface area contributed by atoms with Gasteiger partial charge in [0.15, 0.2) is 11.6 Å². The average Bonchev–Trinajstić information content (AvgIpc) is 3.28. The second-order valence-electron chi connectivity index (χ2n) is 6.33. The molecule has 27 heavy (non-hydrogen) atoms. The third-order valence-electron chi connectivity index (χ3n) is 4.19. The molecule has 3 heterocycles. The summed E-state index contributed by atoms with van der Waals surface area (Å²) in [5.41, 5.74) is 7.33. The van der Waals surface area contributed by atoms with E-state index in [1.165, 1.54) is 4.68 Å². The van der Waals surface area contributed by atoms with Gasteiger partial charge >= 0.3 is 6.03 Å². The molecule has 0 aliphatic rings. The molecule has 1 aromatic carbocycles. The number of carbonyl (C=O) groups excluding carboxylic acids is 1. The number of carbonyl (C=O) groups is 1. The van der Waals surface area contributed by atoms with E-state index in [1.54, 1.807) is 24.7 Å². The standard InChI is InChI=1S/C18H18N8O/c1-11(2)25-10-21-23-17(25)12-7-8-20-15(9-12)22-18(27)26-14-6-4-3-5-13(14)16(19)24-26/h3-11H,1-2H3,(H2,19,24)(H,20,22,27). The van der Waals surface area contributed by atoms with Crippen molar-refractivity contribution in [2.75, 3.05) is 11.1 Å². The maximum Gasteiger partial charge on any atom is 0.348 e. The van der Waals surface area contributed by atoms with Gasteiger partial charge in [-0.1, -0.05) is 12.1 Å². The van der Waals surface area contributed by atoms with Crippen molar-refractivity contribution in [3.8, 4) is 11.4 Å². The number of nitrogens with one attached hydrogen (secondary N) is 1. The van der Waals surface area contributed by atoms with E-state index >= 15 is 0 Å². The average molecular weight is 362 g/mol. The number of rotatable bonds is 3. The van der Waals surface area contributed by atoms with Gasteiger partial charge in [0.1, 0.15) is 12.1 Å². The highest BCUT2D eigenvalue weighted by Crippen LogP contribution is 2.23. The predicted molar refractivity (Wildman–Crippen MR) is 102 cm³/mol. The first kappa shape index (κ1) is 16.7. The number of nitrogen functional groups attached to an aromatic ring is 1. The van der Waals surface area contributed by atoms with Gasteiger partial charge in [0, 0.05) is 23.2 Å². The molecule has 4 aromatic rings. The van der Waals surface area contributed by atoms with E-state index in [9.17, 15) is 4.79 Å². The number of benzene rings is 1. The van der Waals surface area contributed by atoms with E-state index in [1.807, 2.05) is 42.7 Å². The summed E-state index contributed by atoms with van der Waals surface area (Å²) in [6.07, 6.45) is 3.29. The Bertz CT molecular complexity index is 1130. The number of para-hydroxylation sites is 1. The summed E-state index contributed by atoms with van der Waals surface area (Å²) in [7, 11) is 0. The van der Waals surface area contributed by atoms with Crippen molar-refractivity contribution >= 4 is 28.6 Å². The van der Waals surface area contributed by atoms with Crippen LogP contribution in [0.25, 0.3) is 22.3 Å². The van der Waals surface area contributed by atoms with Crippen LogP contribution in [0.4, 0.5) is 16.4 Å². The lowest BCUT2D eigenvalue weighted by atomic mass is 10.2. The number of fused-ring (bicyclic) bond motifs is 1. The molecular weight excluding hydrogens is 344 g/mol. The summed E-state index contributed by atoms with van der Waals surface area (Å²) in [6, 6.07) is 10.6. The summed E-state index contributed by atoms with van der Waals surface area (Å²) >= 11 is 0. The fraction of sp³-hybridized carbons (Fsp3) is 0.167. The minimum atomic E-state index is -0.446. The van der Waals surface area contributed by atoms with Crippen LogP contribution in [0.15, 0.2) is 48.9 Å². The van der Waals surface area contributed by atoms with Gasteiger partial charge in [0.2, 0.25) is 0 Å². The first-order valence-corrected chi connectivity index (χ1v) is 8.45. The van der Waals surface area contributed by atoms with Crippen LogP contribution in [0.1, 0.15) is 19.9 Å². The molecule has 0 fully saturated rings. The molecule has 0 atom stereocenters. The summed E-state index contributed by atoms with van der Waals surface area (Å²) < 4.78 is 3.18. The van der Waals surface area contributed by atoms with Crippen LogP contribution in [0.3, 0.4) is 0 Å². The van der Waals surface area contributed by atoms with Crippen molar-refractivity contribution in [1.82, 2.24) is 29.5 Å². The number of hydrogen-bond donors (Lipinski definition) is 2. The first-order chi connectivity index (χ1) is 13.0. The Morgan fingerprint density at radius 3 is 2.85 bits per heavy atom. The van der Waals surface area contributed by atoms with Gasteiger partial charge in [-0.05, 0) is 38.1 Å². The Hall–Kier alpha value is -3.75. The third-order valence-corrected chi connectivity index (χ3v) is 4.19. The Morgan fingerprint density at radius 1 is 1.22 bits per heavy atom. The van der Waals surface area contributed by atoms with Crippen LogP contribution in [-0.2, 0) is 0 Å². The highest BCUT2D eigenvalue weighted by atomic mass is 16.2. The summed E-state index contributed by atoms with van der Waals surface area (Å²) in [4.78, 5) is 16.9. The summed E-state index contributed by atoms with van der Waals surface area (Å²) in [6.45, 7) is 4.09. The molecule has 0 saturated carbocycles. The molecule has 136 valence electrons. The van der Waals surface area contributed by atoms with Crippen molar-refractivity contribution in [2.45, 2.75) is 19.9 Å². The van der Waals surface area contributed by atoms with Crippen molar-refractivity contribution < 1.29 is 4.79 Å². The van der Waals surface area contributed by atoms with Crippen molar-refractivity contribution in [3.05, 3.63) is 48.9 Å². The number of anilines is 2. The number of hydrogen-bond acceptors (Lipinski definition) is 6. The van der Waals surface area contributed by atoms with E-state index in [0.717, 1.165) is 10.9 Å². The molecule has 1 amide bonds. The fourth-order valence-electron chi connectivity index (χ4n) is 2.87. The number of aromatic nitrogens is 6. The highest BCUT2D eigenvalue weighted by molar-refractivity contribution is 6.00. The van der Waals surface area contributed by atoms with Crippen molar-refractivity contribution in [3.63, 3.8) is 0 Å². The monoisotopic (exact) mass is 362 g/mol. The lowest BCUT2D eigenvalue weighted by Gasteiger charge is -2.11. The Morgan fingerprint density at radius 2 is 2.04 bits per heavy atom. The second-order valence-corrected chi connectivity index (χ2v) is 6.33. The van der Waals surface area contributed by atoms with Crippen molar-refractivity contribution in [2.24, 2.45) is 0 Å². The normalized spacial score (nSPS) is 11.2. The predicted octanol–water partition coefficient (Wildman–Crippen LogP) is 2.93. The van der Waals surface area contributed by atoms with Gasteiger partial charge in [-0.15, -0.1) is 15.3 Å². The zero-order valence-electron chi connectivity index (χ0n) is 14.9. The lowest BCUT2D eigenvalue weighted by Crippen LogP contribution is -2.21. The topological polar surface area (TPSA) is 117 Å². The van der Waals surface area contributed by atoms with E-state index < -0.39 is 6.03 Å². The molecule has 9 heteroatoms. The van der Waals surface area contributed by atoms with E-state index in [2.05, 4.69) is 25.6 Å². The van der Waals surface area contributed by atoms with Gasteiger partial charge in [-0.25, -0.2) is 9.78 Å². The molecular formula is C18H18N8O. The smallest absolute Gasteiger partial charge is 0.348 e. The molecule has 0 radical (unpaired) electrons. The highest BCUT2D eigenvalue weighted by Gasteiger charge is 2.15. The van der Waals surface area contributed by atoms with E-state index in [4.69, 9.17) is 5.73 Å². The molecule has 0 spiro atoms. The van der Waals surface area contributed by atoms with Gasteiger partial charge in [-0.2, -0.15) is 4.68 Å². The van der Waals surface area contributed by atoms with Gasteiger partial charge in [0.25, 0.3) is 0 Å². The fourth-order valence-corrected chi connectivity index (χ4v) is 2.87. The SMILES string of the molecule is CC(C)n1cnnc1-c1ccnc(NC(=O)n2nc(N)c3ccccc32)c1. The van der Waals surface area contributed by atoms with Crippen LogP contribution < -0.4 is 11.1 Å². The molecule has 0 saturated heterocycles. The lowest BCUT2D eigenvalue weighted by molar-refractivity contribution is 0.252. The minimum Gasteiger partial charge on any atom is -0.382 e. The molecule has 0 aliphatic heterocycles. The van der Waals surface area contributed by atoms with Gasteiger partial charge in [-0.3, -0.25) is 5.32 Å². The van der Waals surface area contributed by atoms with Crippen LogP contribution in [0.5, 0.6) is 0 Å². The van der Waals surface area contributed by atoms with Crippen LogP contribution >= 0.6 is 0 Å². The number of nitrogens with zero attached hydrogens (tertiary/aromatic N) is 6. The Kier molecular flexibility index (Phi) is 4.03. The maximum absolute atomic E-state index is 12.7. The first-order valence-electron chi connectivity index (χ1n) is 8.45. The Labute approximate surface area is 154 Å². The largest absolute Gasteiger partial charge is 0.382 e. The van der Waals surface area contributed by atoms with Gasteiger partial charge in [0.05, 0.1) is 5.52 Å². The molecule has 3 N–H and O–H groups in total. The quantitative estimate of drug-likeness (QED) is 0.579. The number of pyridine rings is 1. The zero-order chi connectivity index (χ0) is 19.0. The molecule has 4 rings (SSSR count). The van der Waals surface area contributed by atoms with E-state index in [0.29, 0.717) is 23.0 Å². The molecule has 0 unspecified atom stereocenters. The third kappa shape index (κ3) is 2.99. The minimum absolute atomic E-state index is 0.208. The van der Waals surface area contributed by atoms with Crippen molar-refractivity contribution in [1.29, 1.82) is 0 Å². The van der Waals surface area contributed by atoms with Crippen LogP contribution in [0.2, 0.25) is 0 Å². The summed E-state index contributed by atoms with van der Waals surface area (Å²) in [5, 5.41) is 15.7. The zero-order valence-corrected chi connectivity index (χ0v) is 14.9. The molecule has 9 nitrogen and oxygen atoms in total. The molecule has 0 bridgehead atoms. The molecule has 3 aromatic heterocycles.